The van der Waals surface area contributed by atoms with Crippen LogP contribution in [0.3, 0.4) is 0 Å². The lowest BCUT2D eigenvalue weighted by Crippen LogP contribution is -2.23. The number of carbonyl (C=O) groups excluding carboxylic acids is 1. The van der Waals surface area contributed by atoms with Crippen LogP contribution in [0.25, 0.3) is 27.9 Å². The Morgan fingerprint density at radius 3 is 2.81 bits per heavy atom. The SMILES string of the molecule is O=C(/C=C/c1cccc2cccnc12)NCCCn1ccc2ccccc21. The van der Waals surface area contributed by atoms with Crippen molar-refractivity contribution in [3.8, 4) is 0 Å². The molecule has 0 saturated carbocycles. The van der Waals surface area contributed by atoms with Crippen molar-refractivity contribution in [1.82, 2.24) is 14.9 Å². The zero-order chi connectivity index (χ0) is 18.5. The van der Waals surface area contributed by atoms with Crippen LogP contribution >= 0.6 is 0 Å². The minimum atomic E-state index is -0.0831. The quantitative estimate of drug-likeness (QED) is 0.411. The van der Waals surface area contributed by atoms with Gasteiger partial charge in [0.15, 0.2) is 0 Å². The van der Waals surface area contributed by atoms with Crippen LogP contribution in [-0.2, 0) is 11.3 Å². The summed E-state index contributed by atoms with van der Waals surface area (Å²) >= 11 is 0. The third-order valence-corrected chi connectivity index (χ3v) is 4.63. The van der Waals surface area contributed by atoms with Gasteiger partial charge in [0.2, 0.25) is 5.91 Å². The number of benzene rings is 2. The summed E-state index contributed by atoms with van der Waals surface area (Å²) in [6, 6.07) is 20.3. The van der Waals surface area contributed by atoms with E-state index in [1.807, 2.05) is 48.5 Å². The van der Waals surface area contributed by atoms with E-state index >= 15 is 0 Å². The van der Waals surface area contributed by atoms with E-state index in [9.17, 15) is 4.79 Å². The second-order valence-electron chi connectivity index (χ2n) is 6.47. The number of hydrogen-bond donors (Lipinski definition) is 1. The lowest BCUT2D eigenvalue weighted by Gasteiger charge is -2.06. The summed E-state index contributed by atoms with van der Waals surface area (Å²) in [7, 11) is 0. The Balaban J connectivity index is 1.31. The van der Waals surface area contributed by atoms with Gasteiger partial charge in [-0.1, -0.05) is 42.5 Å². The van der Waals surface area contributed by atoms with Crippen molar-refractivity contribution < 1.29 is 4.79 Å². The fourth-order valence-corrected chi connectivity index (χ4v) is 3.28. The zero-order valence-electron chi connectivity index (χ0n) is 15.0. The Morgan fingerprint density at radius 2 is 1.85 bits per heavy atom. The van der Waals surface area contributed by atoms with Gasteiger partial charge in [0.1, 0.15) is 0 Å². The van der Waals surface area contributed by atoms with Gasteiger partial charge in [-0.25, -0.2) is 0 Å². The number of aromatic nitrogens is 2. The third-order valence-electron chi connectivity index (χ3n) is 4.63. The number of amides is 1. The monoisotopic (exact) mass is 355 g/mol. The van der Waals surface area contributed by atoms with Crippen LogP contribution in [0, 0.1) is 0 Å². The molecule has 4 heteroatoms. The van der Waals surface area contributed by atoms with Crippen LogP contribution in [0.15, 0.2) is 79.1 Å². The van der Waals surface area contributed by atoms with E-state index in [0.717, 1.165) is 29.4 Å². The first-order valence-electron chi connectivity index (χ1n) is 9.15. The van der Waals surface area contributed by atoms with Crippen molar-refractivity contribution in [1.29, 1.82) is 0 Å². The Bertz CT molecular complexity index is 1110. The first-order chi connectivity index (χ1) is 13.3. The maximum Gasteiger partial charge on any atom is 0.244 e. The second-order valence-corrected chi connectivity index (χ2v) is 6.47. The summed E-state index contributed by atoms with van der Waals surface area (Å²) in [5.41, 5.74) is 3.08. The Hall–Kier alpha value is -3.40. The number of para-hydroxylation sites is 2. The van der Waals surface area contributed by atoms with Gasteiger partial charge in [0.25, 0.3) is 0 Å². The van der Waals surface area contributed by atoms with E-state index in [1.165, 1.54) is 10.9 Å². The molecule has 4 nitrogen and oxygen atoms in total. The normalized spacial score (nSPS) is 11.4. The minimum absolute atomic E-state index is 0.0831. The van der Waals surface area contributed by atoms with E-state index in [-0.39, 0.29) is 5.91 Å². The Morgan fingerprint density at radius 1 is 1.00 bits per heavy atom. The molecule has 0 bridgehead atoms. The molecule has 0 aliphatic heterocycles. The van der Waals surface area contributed by atoms with Gasteiger partial charge in [0, 0.05) is 48.0 Å². The van der Waals surface area contributed by atoms with Crippen molar-refractivity contribution in [2.45, 2.75) is 13.0 Å². The highest BCUT2D eigenvalue weighted by Gasteiger charge is 2.01. The molecular formula is C23H21N3O. The number of aryl methyl sites for hydroxylation is 1. The standard InChI is InChI=1S/C23H21N3O/c27-22(12-11-20-8-3-7-19-9-4-14-25-23(19)20)24-15-5-16-26-17-13-18-6-1-2-10-21(18)26/h1-4,6-14,17H,5,15-16H2,(H,24,27)/b12-11+. The average molecular weight is 355 g/mol. The molecule has 1 N–H and O–H groups in total. The number of hydrogen-bond acceptors (Lipinski definition) is 2. The molecule has 134 valence electrons. The van der Waals surface area contributed by atoms with E-state index in [2.05, 4.69) is 39.3 Å². The smallest absolute Gasteiger partial charge is 0.244 e. The Kier molecular flexibility index (Phi) is 4.97. The summed E-state index contributed by atoms with van der Waals surface area (Å²) in [5.74, 6) is -0.0831. The van der Waals surface area contributed by atoms with Gasteiger partial charge in [0.05, 0.1) is 5.52 Å². The van der Waals surface area contributed by atoms with Crippen molar-refractivity contribution in [2.75, 3.05) is 6.54 Å². The molecule has 0 aliphatic carbocycles. The molecule has 27 heavy (non-hydrogen) atoms. The number of pyridine rings is 1. The number of nitrogens with zero attached hydrogens (tertiary/aromatic N) is 2. The van der Waals surface area contributed by atoms with E-state index in [4.69, 9.17) is 0 Å². The fraction of sp³-hybridized carbons (Fsp3) is 0.130. The number of rotatable bonds is 6. The summed E-state index contributed by atoms with van der Waals surface area (Å²) < 4.78 is 2.22. The topological polar surface area (TPSA) is 46.9 Å². The highest BCUT2D eigenvalue weighted by molar-refractivity contribution is 5.95. The summed E-state index contributed by atoms with van der Waals surface area (Å²) in [6.07, 6.45) is 8.15. The minimum Gasteiger partial charge on any atom is -0.352 e. The van der Waals surface area contributed by atoms with E-state index in [0.29, 0.717) is 6.54 Å². The zero-order valence-corrected chi connectivity index (χ0v) is 15.0. The highest BCUT2D eigenvalue weighted by atomic mass is 16.1. The predicted molar refractivity (Wildman–Crippen MR) is 110 cm³/mol. The third kappa shape index (κ3) is 3.90. The summed E-state index contributed by atoms with van der Waals surface area (Å²) in [4.78, 5) is 16.5. The molecule has 2 aromatic carbocycles. The van der Waals surface area contributed by atoms with Gasteiger partial charge < -0.3 is 9.88 Å². The Labute approximate surface area is 158 Å². The molecule has 4 rings (SSSR count). The first-order valence-corrected chi connectivity index (χ1v) is 9.15. The van der Waals surface area contributed by atoms with Gasteiger partial charge in [-0.05, 0) is 36.1 Å². The van der Waals surface area contributed by atoms with Gasteiger partial charge in [-0.3, -0.25) is 9.78 Å². The van der Waals surface area contributed by atoms with Crippen LogP contribution in [-0.4, -0.2) is 22.0 Å². The molecule has 0 saturated heterocycles. The van der Waals surface area contributed by atoms with E-state index in [1.54, 1.807) is 12.3 Å². The molecular weight excluding hydrogens is 334 g/mol. The molecule has 0 aliphatic rings. The van der Waals surface area contributed by atoms with E-state index < -0.39 is 0 Å². The van der Waals surface area contributed by atoms with Gasteiger partial charge in [-0.15, -0.1) is 0 Å². The first kappa shape index (κ1) is 17.0. The second kappa shape index (κ2) is 7.87. The number of fused-ring (bicyclic) bond motifs is 2. The van der Waals surface area contributed by atoms with Crippen molar-refractivity contribution in [3.63, 3.8) is 0 Å². The lowest BCUT2D eigenvalue weighted by molar-refractivity contribution is -0.116. The molecule has 0 unspecified atom stereocenters. The fourth-order valence-electron chi connectivity index (χ4n) is 3.28. The van der Waals surface area contributed by atoms with Crippen LogP contribution in [0.5, 0.6) is 0 Å². The molecule has 1 amide bonds. The predicted octanol–water partition coefficient (Wildman–Crippen LogP) is 4.41. The molecule has 0 atom stereocenters. The van der Waals surface area contributed by atoms with Gasteiger partial charge in [-0.2, -0.15) is 0 Å². The number of nitrogens with one attached hydrogen (secondary N) is 1. The van der Waals surface area contributed by atoms with Crippen molar-refractivity contribution in [3.05, 3.63) is 84.7 Å². The lowest BCUT2D eigenvalue weighted by atomic mass is 10.1. The molecule has 0 fully saturated rings. The highest BCUT2D eigenvalue weighted by Crippen LogP contribution is 2.17. The van der Waals surface area contributed by atoms with Crippen LogP contribution < -0.4 is 5.32 Å². The maximum absolute atomic E-state index is 12.1. The van der Waals surface area contributed by atoms with Crippen molar-refractivity contribution in [2.24, 2.45) is 0 Å². The number of carbonyl (C=O) groups is 1. The van der Waals surface area contributed by atoms with Crippen molar-refractivity contribution >= 4 is 33.8 Å². The molecule has 2 aromatic heterocycles. The maximum atomic E-state index is 12.1. The largest absolute Gasteiger partial charge is 0.352 e. The molecule has 0 spiro atoms. The molecule has 4 aromatic rings. The van der Waals surface area contributed by atoms with Crippen LogP contribution in [0.4, 0.5) is 0 Å². The average Bonchev–Trinajstić information content (AvgIpc) is 3.13. The summed E-state index contributed by atoms with van der Waals surface area (Å²) in [6.45, 7) is 1.52. The van der Waals surface area contributed by atoms with Crippen LogP contribution in [0.2, 0.25) is 0 Å². The van der Waals surface area contributed by atoms with Gasteiger partial charge >= 0.3 is 0 Å². The molecule has 2 heterocycles. The van der Waals surface area contributed by atoms with Crippen LogP contribution in [0.1, 0.15) is 12.0 Å². The molecule has 0 radical (unpaired) electrons. The summed E-state index contributed by atoms with van der Waals surface area (Å²) in [5, 5.41) is 5.26.